The van der Waals surface area contributed by atoms with Crippen LogP contribution < -0.4 is 0 Å². The number of sulfonamides is 1. The highest BCUT2D eigenvalue weighted by atomic mass is 79.9. The number of carbonyl (C=O) groups excluding carboxylic acids is 1. The van der Waals surface area contributed by atoms with Crippen LogP contribution >= 0.6 is 31.9 Å². The lowest BCUT2D eigenvalue weighted by Crippen LogP contribution is -2.51. The molecule has 0 aliphatic carbocycles. The Kier molecular flexibility index (Phi) is 4.68. The van der Waals surface area contributed by atoms with Crippen LogP contribution in [-0.2, 0) is 16.6 Å². The van der Waals surface area contributed by atoms with Crippen LogP contribution in [0.1, 0.15) is 16.1 Å². The normalized spacial score (nSPS) is 17.4. The van der Waals surface area contributed by atoms with Crippen molar-refractivity contribution in [2.45, 2.75) is 24.4 Å². The lowest BCUT2D eigenvalue weighted by atomic mass is 10.2. The van der Waals surface area contributed by atoms with Gasteiger partial charge in [0.05, 0.1) is 15.4 Å². The fraction of sp³-hybridized carbons (Fsp3) is 0.211. The third kappa shape index (κ3) is 2.85. The zero-order chi connectivity index (χ0) is 19.3. The summed E-state index contributed by atoms with van der Waals surface area (Å²) in [7, 11) is -3.97. The summed E-state index contributed by atoms with van der Waals surface area (Å²) in [5.41, 5.74) is 2.23. The molecule has 0 unspecified atom stereocenters. The summed E-state index contributed by atoms with van der Waals surface area (Å²) in [6.07, 6.45) is 0. The Hall–Kier alpha value is -1.64. The first-order chi connectivity index (χ1) is 12.9. The number of benzene rings is 2. The molecule has 27 heavy (non-hydrogen) atoms. The maximum atomic E-state index is 13.3. The number of aryl methyl sites for hydroxylation is 1. The number of hydrogen-bond donors (Lipinski definition) is 0. The summed E-state index contributed by atoms with van der Waals surface area (Å²) in [4.78, 5) is 13.5. The molecule has 2 aromatic carbocycles. The van der Waals surface area contributed by atoms with Crippen molar-refractivity contribution in [2.24, 2.45) is 0 Å². The molecular formula is C19H16Br2N2O3S. The Bertz CT molecular complexity index is 1150. The molecular weight excluding hydrogens is 496 g/mol. The van der Waals surface area contributed by atoms with Gasteiger partial charge in [-0.3, -0.25) is 4.79 Å². The lowest BCUT2D eigenvalue weighted by Gasteiger charge is -2.35. The molecule has 0 saturated carbocycles. The first kappa shape index (κ1) is 18.7. The second-order valence-corrected chi connectivity index (χ2v) is 9.77. The molecule has 8 heteroatoms. The third-order valence-electron chi connectivity index (χ3n) is 4.79. The average molecular weight is 512 g/mol. The van der Waals surface area contributed by atoms with Gasteiger partial charge in [0.2, 0.25) is 0 Å². The van der Waals surface area contributed by atoms with Crippen molar-refractivity contribution in [3.63, 3.8) is 0 Å². The van der Waals surface area contributed by atoms with Crippen LogP contribution in [0.3, 0.4) is 0 Å². The standard InChI is InChI=1S/C19H16Br2N2O3S/c1-12-6-8-14(9-7-12)27(25,26)23-13(10-20)11-22-16-5-3-2-4-15(16)17(21)18(22)19(23)24/h2-9,13H,10-11H2,1H3/t13-/m0/s1. The lowest BCUT2D eigenvalue weighted by molar-refractivity contribution is 0.0778. The second-order valence-electron chi connectivity index (χ2n) is 6.52. The van der Waals surface area contributed by atoms with E-state index in [1.165, 1.54) is 0 Å². The first-order valence-electron chi connectivity index (χ1n) is 8.34. The van der Waals surface area contributed by atoms with Gasteiger partial charge < -0.3 is 4.57 Å². The minimum absolute atomic E-state index is 0.119. The highest BCUT2D eigenvalue weighted by Gasteiger charge is 2.42. The number of carbonyl (C=O) groups is 1. The molecule has 0 fully saturated rings. The predicted molar refractivity (Wildman–Crippen MR) is 112 cm³/mol. The molecule has 1 atom stereocenters. The minimum Gasteiger partial charge on any atom is -0.333 e. The van der Waals surface area contributed by atoms with Gasteiger partial charge in [-0.2, -0.15) is 0 Å². The van der Waals surface area contributed by atoms with Crippen molar-refractivity contribution in [1.29, 1.82) is 0 Å². The summed E-state index contributed by atoms with van der Waals surface area (Å²) < 4.78 is 30.1. The van der Waals surface area contributed by atoms with Crippen LogP contribution in [0.5, 0.6) is 0 Å². The van der Waals surface area contributed by atoms with Gasteiger partial charge in [0.1, 0.15) is 5.69 Å². The number of rotatable bonds is 3. The Labute approximate surface area is 174 Å². The molecule has 140 valence electrons. The third-order valence-corrected chi connectivity index (χ3v) is 8.19. The summed E-state index contributed by atoms with van der Waals surface area (Å²) in [5.74, 6) is -0.519. The van der Waals surface area contributed by atoms with Crippen LogP contribution in [0.15, 0.2) is 57.9 Å². The zero-order valence-electron chi connectivity index (χ0n) is 14.4. The number of aromatic nitrogens is 1. The molecule has 1 aliphatic rings. The molecule has 3 aromatic rings. The smallest absolute Gasteiger partial charge is 0.285 e. The monoisotopic (exact) mass is 510 g/mol. The van der Waals surface area contributed by atoms with E-state index in [9.17, 15) is 13.2 Å². The molecule has 2 heterocycles. The number of para-hydroxylation sites is 1. The second kappa shape index (κ2) is 6.76. The van der Waals surface area contributed by atoms with Crippen LogP contribution in [-0.4, -0.2) is 34.6 Å². The number of halogens is 2. The fourth-order valence-electron chi connectivity index (χ4n) is 3.46. The molecule has 0 spiro atoms. The van der Waals surface area contributed by atoms with Crippen molar-refractivity contribution >= 4 is 58.7 Å². The van der Waals surface area contributed by atoms with Crippen molar-refractivity contribution < 1.29 is 13.2 Å². The van der Waals surface area contributed by atoms with Gasteiger partial charge in [0.25, 0.3) is 15.9 Å². The van der Waals surface area contributed by atoms with E-state index in [4.69, 9.17) is 0 Å². The van der Waals surface area contributed by atoms with E-state index in [-0.39, 0.29) is 4.90 Å². The molecule has 5 nitrogen and oxygen atoms in total. The van der Waals surface area contributed by atoms with E-state index in [2.05, 4.69) is 31.9 Å². The van der Waals surface area contributed by atoms with Gasteiger partial charge >= 0.3 is 0 Å². The van der Waals surface area contributed by atoms with E-state index in [0.29, 0.717) is 22.0 Å². The number of amides is 1. The molecule has 1 aliphatic heterocycles. The number of alkyl halides is 1. The van der Waals surface area contributed by atoms with E-state index in [1.807, 2.05) is 35.8 Å². The summed E-state index contributed by atoms with van der Waals surface area (Å²) in [6.45, 7) is 2.28. The highest BCUT2D eigenvalue weighted by molar-refractivity contribution is 9.10. The van der Waals surface area contributed by atoms with Gasteiger partial charge in [-0.15, -0.1) is 0 Å². The molecule has 0 saturated heterocycles. The molecule has 1 aromatic heterocycles. The quantitative estimate of drug-likeness (QED) is 0.492. The Morgan fingerprint density at radius 3 is 2.44 bits per heavy atom. The van der Waals surface area contributed by atoms with Crippen molar-refractivity contribution in [1.82, 2.24) is 8.87 Å². The zero-order valence-corrected chi connectivity index (χ0v) is 18.4. The first-order valence-corrected chi connectivity index (χ1v) is 11.7. The predicted octanol–water partition coefficient (Wildman–Crippen LogP) is 4.32. The molecule has 4 rings (SSSR count). The molecule has 0 N–H and O–H groups in total. The number of hydrogen-bond acceptors (Lipinski definition) is 3. The number of fused-ring (bicyclic) bond motifs is 3. The largest absolute Gasteiger partial charge is 0.333 e. The summed E-state index contributed by atoms with van der Waals surface area (Å²) in [5, 5.41) is 1.25. The van der Waals surface area contributed by atoms with Crippen LogP contribution in [0.2, 0.25) is 0 Å². The van der Waals surface area contributed by atoms with Crippen molar-refractivity contribution in [3.8, 4) is 0 Å². The molecule has 0 bridgehead atoms. The molecule has 0 radical (unpaired) electrons. The van der Waals surface area contributed by atoms with Gasteiger partial charge in [-0.1, -0.05) is 51.8 Å². The van der Waals surface area contributed by atoms with E-state index in [1.54, 1.807) is 24.3 Å². The minimum atomic E-state index is -3.97. The SMILES string of the molecule is Cc1ccc(S(=O)(=O)N2C(=O)c3c(Br)c4ccccc4n3C[C@@H]2CBr)cc1. The Balaban J connectivity index is 1.90. The maximum Gasteiger partial charge on any atom is 0.285 e. The van der Waals surface area contributed by atoms with Crippen molar-refractivity contribution in [3.05, 3.63) is 64.3 Å². The fourth-order valence-corrected chi connectivity index (χ4v) is 6.41. The highest BCUT2D eigenvalue weighted by Crippen LogP contribution is 2.37. The topological polar surface area (TPSA) is 59.4 Å². The van der Waals surface area contributed by atoms with Crippen molar-refractivity contribution in [2.75, 3.05) is 5.33 Å². The van der Waals surface area contributed by atoms with Crippen LogP contribution in [0, 0.1) is 6.92 Å². The van der Waals surface area contributed by atoms with Gasteiger partial charge in [0, 0.05) is 22.8 Å². The van der Waals surface area contributed by atoms with Crippen LogP contribution in [0.25, 0.3) is 10.9 Å². The van der Waals surface area contributed by atoms with Gasteiger partial charge in [0.15, 0.2) is 0 Å². The maximum absolute atomic E-state index is 13.3. The summed E-state index contributed by atoms with van der Waals surface area (Å²) in [6, 6.07) is 13.7. The average Bonchev–Trinajstić information content (AvgIpc) is 2.94. The van der Waals surface area contributed by atoms with E-state index < -0.39 is 22.0 Å². The number of nitrogens with zero attached hydrogens (tertiary/aromatic N) is 2. The Morgan fingerprint density at radius 2 is 1.78 bits per heavy atom. The summed E-state index contributed by atoms with van der Waals surface area (Å²) >= 11 is 6.90. The van der Waals surface area contributed by atoms with Gasteiger partial charge in [-0.05, 0) is 41.1 Å². The van der Waals surface area contributed by atoms with Crippen LogP contribution in [0.4, 0.5) is 0 Å². The molecule has 1 amide bonds. The van der Waals surface area contributed by atoms with Gasteiger partial charge in [-0.25, -0.2) is 12.7 Å². The Morgan fingerprint density at radius 1 is 1.11 bits per heavy atom. The van der Waals surface area contributed by atoms with E-state index in [0.717, 1.165) is 20.8 Å². The van der Waals surface area contributed by atoms with E-state index >= 15 is 0 Å².